The van der Waals surface area contributed by atoms with Crippen LogP contribution in [-0.2, 0) is 13.1 Å². The lowest BCUT2D eigenvalue weighted by Crippen LogP contribution is -2.18. The average Bonchev–Trinajstić information content (AvgIpc) is 3.06. The van der Waals surface area contributed by atoms with E-state index in [1.54, 1.807) is 6.92 Å². The second-order valence-corrected chi connectivity index (χ2v) is 5.88. The SMILES string of the molecule is Cc1noc(CN(C)Cc2nc(-c3cccc(Cl)c3)oc2C)n1. The van der Waals surface area contributed by atoms with Crippen molar-refractivity contribution in [2.24, 2.45) is 0 Å². The van der Waals surface area contributed by atoms with Crippen molar-refractivity contribution >= 4 is 11.6 Å². The summed E-state index contributed by atoms with van der Waals surface area (Å²) in [6.45, 7) is 4.88. The number of aryl methyl sites for hydroxylation is 2. The second kappa shape index (κ2) is 6.52. The number of hydrogen-bond donors (Lipinski definition) is 0. The fourth-order valence-electron chi connectivity index (χ4n) is 2.27. The van der Waals surface area contributed by atoms with Crippen molar-refractivity contribution < 1.29 is 8.94 Å². The number of rotatable bonds is 5. The molecular formula is C16H17ClN4O2. The van der Waals surface area contributed by atoms with Gasteiger partial charge in [0.25, 0.3) is 0 Å². The van der Waals surface area contributed by atoms with E-state index in [0.717, 1.165) is 17.0 Å². The molecule has 2 heterocycles. The van der Waals surface area contributed by atoms with Crippen molar-refractivity contribution in [1.29, 1.82) is 0 Å². The zero-order chi connectivity index (χ0) is 16.4. The molecule has 0 bridgehead atoms. The molecule has 0 aliphatic carbocycles. The molecule has 1 aromatic carbocycles. The summed E-state index contributed by atoms with van der Waals surface area (Å²) in [4.78, 5) is 10.8. The van der Waals surface area contributed by atoms with Crippen LogP contribution in [0.3, 0.4) is 0 Å². The Morgan fingerprint density at radius 1 is 1.17 bits per heavy atom. The topological polar surface area (TPSA) is 68.2 Å². The number of benzene rings is 1. The lowest BCUT2D eigenvalue weighted by Gasteiger charge is -2.12. The quantitative estimate of drug-likeness (QED) is 0.710. The van der Waals surface area contributed by atoms with Crippen LogP contribution in [0.2, 0.25) is 5.02 Å². The van der Waals surface area contributed by atoms with Gasteiger partial charge in [0.15, 0.2) is 5.82 Å². The second-order valence-electron chi connectivity index (χ2n) is 5.44. The first-order chi connectivity index (χ1) is 11.0. The van der Waals surface area contributed by atoms with Crippen LogP contribution >= 0.6 is 11.6 Å². The summed E-state index contributed by atoms with van der Waals surface area (Å²) in [5.74, 6) is 2.58. The molecule has 0 N–H and O–H groups in total. The van der Waals surface area contributed by atoms with Gasteiger partial charge in [-0.05, 0) is 39.1 Å². The normalized spacial score (nSPS) is 11.3. The largest absolute Gasteiger partial charge is 0.441 e. The molecule has 0 amide bonds. The van der Waals surface area contributed by atoms with E-state index in [9.17, 15) is 0 Å². The van der Waals surface area contributed by atoms with Gasteiger partial charge in [-0.25, -0.2) is 4.98 Å². The van der Waals surface area contributed by atoms with Crippen molar-refractivity contribution in [1.82, 2.24) is 20.0 Å². The Morgan fingerprint density at radius 2 is 2.00 bits per heavy atom. The van der Waals surface area contributed by atoms with Gasteiger partial charge in [-0.2, -0.15) is 4.98 Å². The third-order valence-electron chi connectivity index (χ3n) is 3.36. The van der Waals surface area contributed by atoms with Gasteiger partial charge in [0.1, 0.15) is 5.76 Å². The molecule has 0 saturated carbocycles. The molecule has 3 rings (SSSR count). The van der Waals surface area contributed by atoms with Crippen LogP contribution in [0.5, 0.6) is 0 Å². The third kappa shape index (κ3) is 3.78. The van der Waals surface area contributed by atoms with Crippen LogP contribution < -0.4 is 0 Å². The Labute approximate surface area is 139 Å². The summed E-state index contributed by atoms with van der Waals surface area (Å²) in [6.07, 6.45) is 0. The van der Waals surface area contributed by atoms with Gasteiger partial charge >= 0.3 is 0 Å². The van der Waals surface area contributed by atoms with Gasteiger partial charge < -0.3 is 8.94 Å². The molecule has 23 heavy (non-hydrogen) atoms. The molecule has 6 nitrogen and oxygen atoms in total. The number of aromatic nitrogens is 3. The minimum atomic E-state index is 0.555. The predicted molar refractivity (Wildman–Crippen MR) is 85.9 cm³/mol. The highest BCUT2D eigenvalue weighted by molar-refractivity contribution is 6.30. The Balaban J connectivity index is 1.73. The number of oxazole rings is 1. The fourth-order valence-corrected chi connectivity index (χ4v) is 2.46. The van der Waals surface area contributed by atoms with Crippen LogP contribution in [0.25, 0.3) is 11.5 Å². The minimum absolute atomic E-state index is 0.555. The Kier molecular flexibility index (Phi) is 4.45. The highest BCUT2D eigenvalue weighted by atomic mass is 35.5. The molecule has 120 valence electrons. The minimum Gasteiger partial charge on any atom is -0.441 e. The number of halogens is 1. The zero-order valence-corrected chi connectivity index (χ0v) is 14.0. The first-order valence-corrected chi connectivity index (χ1v) is 7.59. The Morgan fingerprint density at radius 3 is 2.70 bits per heavy atom. The summed E-state index contributed by atoms with van der Waals surface area (Å²) in [5, 5.41) is 4.44. The van der Waals surface area contributed by atoms with Crippen molar-refractivity contribution in [2.45, 2.75) is 26.9 Å². The highest BCUT2D eigenvalue weighted by Gasteiger charge is 2.15. The van der Waals surface area contributed by atoms with Gasteiger partial charge in [-0.1, -0.05) is 22.8 Å². The van der Waals surface area contributed by atoms with Crippen molar-refractivity contribution in [3.05, 3.63) is 52.5 Å². The molecule has 0 unspecified atom stereocenters. The van der Waals surface area contributed by atoms with Crippen LogP contribution in [0.4, 0.5) is 0 Å². The van der Waals surface area contributed by atoms with Crippen molar-refractivity contribution in [2.75, 3.05) is 7.05 Å². The molecule has 0 fully saturated rings. The van der Waals surface area contributed by atoms with Gasteiger partial charge in [0.2, 0.25) is 11.8 Å². The predicted octanol–water partition coefficient (Wildman–Crippen LogP) is 3.63. The molecule has 0 aliphatic heterocycles. The van der Waals surface area contributed by atoms with Gasteiger partial charge in [0, 0.05) is 17.1 Å². The van der Waals surface area contributed by atoms with Gasteiger partial charge in [-0.15, -0.1) is 0 Å². The third-order valence-corrected chi connectivity index (χ3v) is 3.59. The van der Waals surface area contributed by atoms with E-state index in [-0.39, 0.29) is 0 Å². The van der Waals surface area contributed by atoms with E-state index < -0.39 is 0 Å². The Hall–Kier alpha value is -2.18. The van der Waals surface area contributed by atoms with Crippen molar-refractivity contribution in [3.63, 3.8) is 0 Å². The van der Waals surface area contributed by atoms with E-state index in [1.165, 1.54) is 0 Å². The first kappa shape index (κ1) is 15.7. The molecule has 7 heteroatoms. The van der Waals surface area contributed by atoms with Crippen LogP contribution in [-0.4, -0.2) is 27.1 Å². The molecule has 0 atom stereocenters. The summed E-state index contributed by atoms with van der Waals surface area (Å²) >= 11 is 6.02. The first-order valence-electron chi connectivity index (χ1n) is 7.21. The van der Waals surface area contributed by atoms with Gasteiger partial charge in [0.05, 0.1) is 12.2 Å². The molecule has 0 saturated heterocycles. The molecular weight excluding hydrogens is 316 g/mol. The van der Waals surface area contributed by atoms with E-state index in [0.29, 0.717) is 35.7 Å². The van der Waals surface area contributed by atoms with E-state index in [2.05, 4.69) is 15.1 Å². The van der Waals surface area contributed by atoms with Gasteiger partial charge in [-0.3, -0.25) is 4.90 Å². The van der Waals surface area contributed by atoms with Crippen LogP contribution in [0.15, 0.2) is 33.2 Å². The summed E-state index contributed by atoms with van der Waals surface area (Å²) in [7, 11) is 1.96. The van der Waals surface area contributed by atoms with E-state index >= 15 is 0 Å². The van der Waals surface area contributed by atoms with Crippen LogP contribution in [0.1, 0.15) is 23.2 Å². The molecule has 0 aliphatic rings. The van der Waals surface area contributed by atoms with E-state index in [4.69, 9.17) is 20.5 Å². The summed E-state index contributed by atoms with van der Waals surface area (Å²) < 4.78 is 10.9. The summed E-state index contributed by atoms with van der Waals surface area (Å²) in [5.41, 5.74) is 1.74. The molecule has 2 aromatic heterocycles. The smallest absolute Gasteiger partial charge is 0.240 e. The van der Waals surface area contributed by atoms with Crippen molar-refractivity contribution in [3.8, 4) is 11.5 Å². The lowest BCUT2D eigenvalue weighted by molar-refractivity contribution is 0.257. The summed E-state index contributed by atoms with van der Waals surface area (Å²) in [6, 6.07) is 7.45. The number of nitrogens with zero attached hydrogens (tertiary/aromatic N) is 4. The fraction of sp³-hybridized carbons (Fsp3) is 0.312. The molecule has 0 radical (unpaired) electrons. The monoisotopic (exact) mass is 332 g/mol. The average molecular weight is 333 g/mol. The molecule has 0 spiro atoms. The van der Waals surface area contributed by atoms with E-state index in [1.807, 2.05) is 43.1 Å². The lowest BCUT2D eigenvalue weighted by atomic mass is 10.2. The number of hydrogen-bond acceptors (Lipinski definition) is 6. The highest BCUT2D eigenvalue weighted by Crippen LogP contribution is 2.24. The maximum Gasteiger partial charge on any atom is 0.240 e. The zero-order valence-electron chi connectivity index (χ0n) is 13.2. The van der Waals surface area contributed by atoms with Crippen LogP contribution in [0, 0.1) is 13.8 Å². The Bertz CT molecular complexity index is 812. The molecule has 3 aromatic rings. The maximum absolute atomic E-state index is 6.02. The maximum atomic E-state index is 6.02. The standard InChI is InChI=1S/C16H17ClN4O2/c1-10-14(8-21(3)9-15-18-11(2)20-23-15)19-16(22-10)12-5-4-6-13(17)7-12/h4-7H,8-9H2,1-3H3.